The van der Waals surface area contributed by atoms with Crippen LogP contribution in [0.2, 0.25) is 33.2 Å². The Bertz CT molecular complexity index is 2110. The molecule has 0 N–H and O–H groups in total. The molecule has 6 aliphatic rings. The third-order valence-corrected chi connectivity index (χ3v) is 33.2. The van der Waals surface area contributed by atoms with Gasteiger partial charge in [0.1, 0.15) is 16.1 Å². The summed E-state index contributed by atoms with van der Waals surface area (Å²) in [5, 5.41) is 13.1. The lowest BCUT2D eigenvalue weighted by Gasteiger charge is -2.50. The van der Waals surface area contributed by atoms with Gasteiger partial charge in [-0.1, -0.05) is 204 Å². The first-order chi connectivity index (χ1) is 30.7. The Kier molecular flexibility index (Phi) is 12.9. The molecule has 0 bridgehead atoms. The number of fused-ring (bicyclic) bond motifs is 4. The molecule has 11 rings (SSSR count). The summed E-state index contributed by atoms with van der Waals surface area (Å²) in [4.78, 5) is 0. The van der Waals surface area contributed by atoms with Gasteiger partial charge in [0, 0.05) is 31.3 Å². The second-order valence-electron chi connectivity index (χ2n) is 21.8. The van der Waals surface area contributed by atoms with Crippen LogP contribution in [-0.4, -0.2) is 16.1 Å². The molecule has 6 aliphatic carbocycles. The van der Waals surface area contributed by atoms with E-state index in [0.717, 1.165) is 33.2 Å². The van der Waals surface area contributed by atoms with Crippen LogP contribution in [0.4, 0.5) is 0 Å². The Morgan fingerprint density at radius 3 is 0.871 bits per heavy atom. The van der Waals surface area contributed by atoms with Gasteiger partial charge >= 0.3 is 0 Å². The Labute approximate surface area is 385 Å². The maximum Gasteiger partial charge on any atom is 0.148 e. The first-order valence-electron chi connectivity index (χ1n) is 26.6. The van der Waals surface area contributed by atoms with Crippen molar-refractivity contribution in [3.63, 3.8) is 0 Å². The van der Waals surface area contributed by atoms with Crippen LogP contribution in [0.3, 0.4) is 0 Å². The van der Waals surface area contributed by atoms with Gasteiger partial charge in [0.2, 0.25) is 0 Å². The molecule has 0 nitrogen and oxygen atoms in total. The van der Waals surface area contributed by atoms with E-state index >= 15 is 0 Å². The van der Waals surface area contributed by atoms with E-state index in [0.29, 0.717) is 0 Å². The average Bonchev–Trinajstić information content (AvgIpc) is 4.02. The molecule has 0 unspecified atom stereocenters. The van der Waals surface area contributed by atoms with Crippen molar-refractivity contribution < 1.29 is 0 Å². The highest BCUT2D eigenvalue weighted by molar-refractivity contribution is 7.17. The predicted octanol–water partition coefficient (Wildman–Crippen LogP) is 19.1. The molecule has 0 spiro atoms. The normalized spacial score (nSPS) is 22.8. The van der Waals surface area contributed by atoms with Gasteiger partial charge in [-0.05, 0) is 102 Å². The van der Waals surface area contributed by atoms with Gasteiger partial charge in [-0.3, -0.25) is 0 Å². The summed E-state index contributed by atoms with van der Waals surface area (Å²) in [6, 6.07) is 15.1. The van der Waals surface area contributed by atoms with E-state index < -0.39 is 16.1 Å². The third-order valence-electron chi connectivity index (χ3n) is 18.8. The SMILES string of the molecule is C(#C[Si](C1CCCCC1)(C1CCCCC1)C1CCCCC1)c1c2cc3ccsc3cc2c(C#C[Si](C2CCCCC2)(C2CCCCC2)C2CCCCC2)c2cc3ccsc3cc12. The minimum Gasteiger partial charge on any atom is -0.144 e. The molecule has 0 saturated heterocycles. The number of benzene rings is 3. The molecule has 5 aromatic rings. The largest absolute Gasteiger partial charge is 0.148 e. The van der Waals surface area contributed by atoms with E-state index in [1.807, 2.05) is 22.7 Å². The van der Waals surface area contributed by atoms with E-state index in [-0.39, 0.29) is 0 Å². The molecule has 6 fully saturated rings. The first kappa shape index (κ1) is 42.3. The second kappa shape index (κ2) is 18.9. The zero-order chi connectivity index (χ0) is 41.4. The van der Waals surface area contributed by atoms with Crippen molar-refractivity contribution in [2.24, 2.45) is 0 Å². The molecule has 62 heavy (non-hydrogen) atoms. The van der Waals surface area contributed by atoms with Crippen molar-refractivity contribution >= 4 is 80.5 Å². The summed E-state index contributed by atoms with van der Waals surface area (Å²) in [6.07, 6.45) is 43.6. The molecule has 326 valence electrons. The fraction of sp³-hybridized carbons (Fsp3) is 0.621. The zero-order valence-corrected chi connectivity index (χ0v) is 41.7. The molecule has 0 amide bonds. The van der Waals surface area contributed by atoms with Gasteiger partial charge in [0.05, 0.1) is 0 Å². The molecule has 0 radical (unpaired) electrons. The van der Waals surface area contributed by atoms with Crippen LogP contribution in [0.25, 0.3) is 41.7 Å². The Morgan fingerprint density at radius 1 is 0.339 bits per heavy atom. The fourth-order valence-corrected chi connectivity index (χ4v) is 31.6. The van der Waals surface area contributed by atoms with Crippen molar-refractivity contribution in [3.8, 4) is 22.9 Å². The van der Waals surface area contributed by atoms with Crippen LogP contribution in [-0.2, 0) is 0 Å². The van der Waals surface area contributed by atoms with E-state index in [2.05, 4.69) is 59.0 Å². The summed E-state index contributed by atoms with van der Waals surface area (Å²) >= 11 is 3.85. The first-order valence-corrected chi connectivity index (χ1v) is 32.8. The average molecular weight is 892 g/mol. The molecule has 3 aromatic carbocycles. The Morgan fingerprint density at radius 2 is 0.597 bits per heavy atom. The summed E-state index contributed by atoms with van der Waals surface area (Å²) in [5.41, 5.74) is 17.5. The van der Waals surface area contributed by atoms with Crippen molar-refractivity contribution in [3.05, 3.63) is 58.3 Å². The third kappa shape index (κ3) is 7.84. The van der Waals surface area contributed by atoms with E-state index in [1.54, 1.807) is 0 Å². The van der Waals surface area contributed by atoms with Crippen LogP contribution >= 0.6 is 22.7 Å². The molecule has 6 saturated carbocycles. The van der Waals surface area contributed by atoms with Crippen molar-refractivity contribution in [2.75, 3.05) is 0 Å². The maximum atomic E-state index is 4.70. The molecular formula is C58H74S2Si2. The fourth-order valence-electron chi connectivity index (χ4n) is 15.8. The van der Waals surface area contributed by atoms with Crippen LogP contribution in [0.15, 0.2) is 47.2 Å². The Hall–Kier alpha value is -2.35. The molecule has 2 heterocycles. The second-order valence-corrected chi connectivity index (χ2v) is 32.9. The lowest BCUT2D eigenvalue weighted by Crippen LogP contribution is -2.50. The monoisotopic (exact) mass is 890 g/mol. The van der Waals surface area contributed by atoms with Crippen LogP contribution in [0, 0.1) is 22.9 Å². The number of rotatable bonds is 6. The van der Waals surface area contributed by atoms with Crippen molar-refractivity contribution in [2.45, 2.75) is 226 Å². The van der Waals surface area contributed by atoms with Gasteiger partial charge < -0.3 is 0 Å². The van der Waals surface area contributed by atoms with Crippen molar-refractivity contribution in [1.29, 1.82) is 0 Å². The summed E-state index contributed by atoms with van der Waals surface area (Å²) in [6.45, 7) is 0. The molecule has 2 aromatic heterocycles. The highest BCUT2D eigenvalue weighted by atomic mass is 32.1. The Balaban J connectivity index is 1.18. The lowest BCUT2D eigenvalue weighted by molar-refractivity contribution is 0.421. The molecule has 0 aliphatic heterocycles. The van der Waals surface area contributed by atoms with Gasteiger partial charge in [-0.15, -0.1) is 33.8 Å². The maximum absolute atomic E-state index is 4.70. The quantitative estimate of drug-likeness (QED) is 0.0905. The zero-order valence-electron chi connectivity index (χ0n) is 38.1. The van der Waals surface area contributed by atoms with Crippen molar-refractivity contribution in [1.82, 2.24) is 0 Å². The van der Waals surface area contributed by atoms with Gasteiger partial charge in [0.25, 0.3) is 0 Å². The smallest absolute Gasteiger partial charge is 0.144 e. The highest BCUT2D eigenvalue weighted by Crippen LogP contribution is 2.58. The number of hydrogen-bond donors (Lipinski definition) is 0. The van der Waals surface area contributed by atoms with Crippen LogP contribution in [0.5, 0.6) is 0 Å². The number of thiophene rings is 2. The predicted molar refractivity (Wildman–Crippen MR) is 278 cm³/mol. The summed E-state index contributed by atoms with van der Waals surface area (Å²) in [7, 11) is -4.04. The molecule has 4 heteroatoms. The van der Waals surface area contributed by atoms with E-state index in [9.17, 15) is 0 Å². The molecule has 0 atom stereocenters. The standard InChI is InChI=1S/C58H74S2Si2/c1-7-19-45(20-8-1)61(46-21-9-2-10-22-46,47-23-11-3-12-24-47)37-33-51-53-39-43-31-35-60-58(43)42-56(53)52(54-40-44-32-36-59-57(44)41-55(51)54)34-38-62(48-25-13-4-14-26-48,49-27-15-5-16-28-49)50-29-17-6-18-30-50/h31-32,35-36,39-42,45-50H,1-30H2. The van der Waals surface area contributed by atoms with Gasteiger partial charge in [0.15, 0.2) is 0 Å². The minimum atomic E-state index is -2.02. The van der Waals surface area contributed by atoms with Gasteiger partial charge in [-0.2, -0.15) is 0 Å². The summed E-state index contributed by atoms with van der Waals surface area (Å²) < 4.78 is 2.84. The lowest BCUT2D eigenvalue weighted by atomic mass is 9.91. The number of hydrogen-bond acceptors (Lipinski definition) is 2. The van der Waals surface area contributed by atoms with Crippen LogP contribution < -0.4 is 0 Å². The minimum absolute atomic E-state index is 0.891. The van der Waals surface area contributed by atoms with E-state index in [1.165, 1.54) is 245 Å². The topological polar surface area (TPSA) is 0 Å². The van der Waals surface area contributed by atoms with Gasteiger partial charge in [-0.25, -0.2) is 0 Å². The highest BCUT2D eigenvalue weighted by Gasteiger charge is 2.54. The summed E-state index contributed by atoms with van der Waals surface area (Å²) in [5.74, 6) is 8.82. The van der Waals surface area contributed by atoms with Crippen LogP contribution in [0.1, 0.15) is 204 Å². The molecular weight excluding hydrogens is 817 g/mol. The van der Waals surface area contributed by atoms with E-state index in [4.69, 9.17) is 11.1 Å².